The molecule has 4 heteroatoms. The molecule has 15 heavy (non-hydrogen) atoms. The van der Waals surface area contributed by atoms with Crippen LogP contribution < -0.4 is 10.9 Å². The van der Waals surface area contributed by atoms with Crippen LogP contribution in [0.1, 0.15) is 31.1 Å². The van der Waals surface area contributed by atoms with Crippen LogP contribution in [0.2, 0.25) is 0 Å². The summed E-state index contributed by atoms with van der Waals surface area (Å²) in [6, 6.07) is 7.43. The van der Waals surface area contributed by atoms with Crippen LogP contribution in [0.3, 0.4) is 0 Å². The second-order valence-electron chi connectivity index (χ2n) is 4.34. The molecular weight excluding hydrogens is 303 g/mol. The third-order valence-corrected chi connectivity index (χ3v) is 2.38. The summed E-state index contributed by atoms with van der Waals surface area (Å²) in [5, 5.41) is 0. The lowest BCUT2D eigenvalue weighted by Crippen LogP contribution is -2.48. The fraction of sp³-hybridized carbons (Fsp3) is 0.364. The molecule has 1 amide bonds. The van der Waals surface area contributed by atoms with Crippen LogP contribution >= 0.6 is 22.6 Å². The predicted molar refractivity (Wildman–Crippen MR) is 69.5 cm³/mol. The third kappa shape index (κ3) is 4.61. The van der Waals surface area contributed by atoms with Gasteiger partial charge in [-0.15, -0.1) is 0 Å². The highest BCUT2D eigenvalue weighted by Gasteiger charge is 2.11. The summed E-state index contributed by atoms with van der Waals surface area (Å²) >= 11 is 2.21. The minimum absolute atomic E-state index is 0.110. The Morgan fingerprint density at radius 2 is 1.73 bits per heavy atom. The standard InChI is InChI=1S/C11H15IN2O/c1-11(2,3)14-13-10(15)8-4-6-9(12)7-5-8/h4-7,14H,1-3H3,(H,13,15). The van der Waals surface area contributed by atoms with E-state index in [0.29, 0.717) is 5.56 Å². The Kier molecular flexibility index (Phi) is 4.10. The fourth-order valence-electron chi connectivity index (χ4n) is 0.918. The molecule has 0 heterocycles. The van der Waals surface area contributed by atoms with E-state index in [4.69, 9.17) is 0 Å². The Morgan fingerprint density at radius 1 is 1.20 bits per heavy atom. The molecule has 1 aromatic carbocycles. The number of benzene rings is 1. The topological polar surface area (TPSA) is 41.1 Å². The number of carbonyl (C=O) groups excluding carboxylic acids is 1. The summed E-state index contributed by atoms with van der Waals surface area (Å²) in [6.45, 7) is 5.96. The predicted octanol–water partition coefficient (Wildman–Crippen LogP) is 2.32. The van der Waals surface area contributed by atoms with Crippen molar-refractivity contribution in [1.82, 2.24) is 10.9 Å². The third-order valence-electron chi connectivity index (χ3n) is 1.66. The molecule has 0 aliphatic carbocycles. The monoisotopic (exact) mass is 318 g/mol. The number of halogens is 1. The Bertz CT molecular complexity index is 341. The lowest BCUT2D eigenvalue weighted by Gasteiger charge is -2.20. The molecule has 2 N–H and O–H groups in total. The Hall–Kier alpha value is -0.620. The van der Waals surface area contributed by atoms with Gasteiger partial charge in [0.15, 0.2) is 0 Å². The first-order chi connectivity index (χ1) is 6.88. The SMILES string of the molecule is CC(C)(C)NNC(=O)c1ccc(I)cc1. The van der Waals surface area contributed by atoms with Gasteiger partial charge in [-0.25, -0.2) is 5.43 Å². The first-order valence-corrected chi connectivity index (χ1v) is 5.79. The highest BCUT2D eigenvalue weighted by molar-refractivity contribution is 14.1. The molecule has 0 saturated carbocycles. The van der Waals surface area contributed by atoms with Crippen molar-refractivity contribution in [1.29, 1.82) is 0 Å². The van der Waals surface area contributed by atoms with E-state index in [1.54, 1.807) is 12.1 Å². The second-order valence-corrected chi connectivity index (χ2v) is 5.58. The van der Waals surface area contributed by atoms with Gasteiger partial charge in [0, 0.05) is 14.7 Å². The van der Waals surface area contributed by atoms with E-state index in [0.717, 1.165) is 3.57 Å². The highest BCUT2D eigenvalue weighted by Crippen LogP contribution is 2.06. The van der Waals surface area contributed by atoms with E-state index >= 15 is 0 Å². The minimum atomic E-state index is -0.126. The summed E-state index contributed by atoms with van der Waals surface area (Å²) in [4.78, 5) is 11.6. The van der Waals surface area contributed by atoms with Crippen LogP contribution in [-0.4, -0.2) is 11.4 Å². The molecule has 1 aromatic rings. The van der Waals surface area contributed by atoms with Gasteiger partial charge in [-0.1, -0.05) is 0 Å². The number of nitrogens with one attached hydrogen (secondary N) is 2. The van der Waals surface area contributed by atoms with Crippen molar-refractivity contribution < 1.29 is 4.79 Å². The molecule has 0 fully saturated rings. The van der Waals surface area contributed by atoms with Crippen LogP contribution in [0, 0.1) is 3.57 Å². The van der Waals surface area contributed by atoms with Gasteiger partial charge in [0.05, 0.1) is 0 Å². The van der Waals surface area contributed by atoms with Gasteiger partial charge in [-0.3, -0.25) is 10.2 Å². The zero-order valence-electron chi connectivity index (χ0n) is 9.10. The number of hydrogen-bond donors (Lipinski definition) is 2. The van der Waals surface area contributed by atoms with Gasteiger partial charge in [0.1, 0.15) is 0 Å². The lowest BCUT2D eigenvalue weighted by molar-refractivity contribution is 0.0914. The molecule has 0 aromatic heterocycles. The molecular formula is C11H15IN2O. The van der Waals surface area contributed by atoms with E-state index < -0.39 is 0 Å². The molecule has 3 nitrogen and oxygen atoms in total. The van der Waals surface area contributed by atoms with Gasteiger partial charge in [0.2, 0.25) is 0 Å². The lowest BCUT2D eigenvalue weighted by atomic mass is 10.1. The smallest absolute Gasteiger partial charge is 0.265 e. The number of amides is 1. The van der Waals surface area contributed by atoms with Gasteiger partial charge in [-0.2, -0.15) is 0 Å². The van der Waals surface area contributed by atoms with Crippen LogP contribution in [-0.2, 0) is 0 Å². The van der Waals surface area contributed by atoms with E-state index in [9.17, 15) is 4.79 Å². The molecule has 0 atom stereocenters. The molecule has 82 valence electrons. The van der Waals surface area contributed by atoms with Crippen LogP contribution in [0.25, 0.3) is 0 Å². The number of hydrazine groups is 1. The molecule has 0 aliphatic rings. The molecule has 0 aliphatic heterocycles. The van der Waals surface area contributed by atoms with E-state index in [1.165, 1.54) is 0 Å². The first-order valence-electron chi connectivity index (χ1n) is 4.71. The molecule has 0 bridgehead atoms. The van der Waals surface area contributed by atoms with Gasteiger partial charge in [0.25, 0.3) is 5.91 Å². The van der Waals surface area contributed by atoms with Gasteiger partial charge >= 0.3 is 0 Å². The zero-order chi connectivity index (χ0) is 11.5. The fourth-order valence-corrected chi connectivity index (χ4v) is 1.28. The van der Waals surface area contributed by atoms with E-state index in [2.05, 4.69) is 33.4 Å². The van der Waals surface area contributed by atoms with E-state index in [-0.39, 0.29) is 11.4 Å². The van der Waals surface area contributed by atoms with Crippen LogP contribution in [0.5, 0.6) is 0 Å². The summed E-state index contributed by atoms with van der Waals surface area (Å²) in [6.07, 6.45) is 0. The first kappa shape index (κ1) is 12.4. The highest BCUT2D eigenvalue weighted by atomic mass is 127. The van der Waals surface area contributed by atoms with Gasteiger partial charge in [-0.05, 0) is 67.6 Å². The average Bonchev–Trinajstić information content (AvgIpc) is 2.14. The quantitative estimate of drug-likeness (QED) is 0.649. The Morgan fingerprint density at radius 3 is 2.20 bits per heavy atom. The van der Waals surface area contributed by atoms with E-state index in [1.807, 2.05) is 32.9 Å². The molecule has 0 saturated heterocycles. The summed E-state index contributed by atoms with van der Waals surface area (Å²) in [7, 11) is 0. The second kappa shape index (κ2) is 4.94. The van der Waals surface area contributed by atoms with Gasteiger partial charge < -0.3 is 0 Å². The number of carbonyl (C=O) groups is 1. The van der Waals surface area contributed by atoms with Crippen molar-refractivity contribution in [3.8, 4) is 0 Å². The van der Waals surface area contributed by atoms with Crippen molar-refractivity contribution in [3.63, 3.8) is 0 Å². The number of rotatable bonds is 2. The molecule has 0 spiro atoms. The van der Waals surface area contributed by atoms with Crippen molar-refractivity contribution in [2.45, 2.75) is 26.3 Å². The van der Waals surface area contributed by atoms with Crippen molar-refractivity contribution in [2.75, 3.05) is 0 Å². The van der Waals surface area contributed by atoms with Crippen molar-refractivity contribution in [2.24, 2.45) is 0 Å². The van der Waals surface area contributed by atoms with Crippen molar-refractivity contribution >= 4 is 28.5 Å². The maximum atomic E-state index is 11.6. The molecule has 1 rings (SSSR count). The zero-order valence-corrected chi connectivity index (χ0v) is 11.3. The normalized spacial score (nSPS) is 11.2. The summed E-state index contributed by atoms with van der Waals surface area (Å²) in [5.41, 5.74) is 6.13. The average molecular weight is 318 g/mol. The largest absolute Gasteiger partial charge is 0.287 e. The summed E-state index contributed by atoms with van der Waals surface area (Å²) < 4.78 is 1.12. The Labute approximate surface area is 104 Å². The van der Waals surface area contributed by atoms with Crippen LogP contribution in [0.4, 0.5) is 0 Å². The molecule has 0 unspecified atom stereocenters. The minimum Gasteiger partial charge on any atom is -0.287 e. The summed E-state index contributed by atoms with van der Waals surface area (Å²) in [5.74, 6) is -0.110. The van der Waals surface area contributed by atoms with Crippen molar-refractivity contribution in [3.05, 3.63) is 33.4 Å². The maximum absolute atomic E-state index is 11.6. The maximum Gasteiger partial charge on any atom is 0.265 e. The number of hydrogen-bond acceptors (Lipinski definition) is 2. The van der Waals surface area contributed by atoms with Crippen LogP contribution in [0.15, 0.2) is 24.3 Å². The Balaban J connectivity index is 2.58. The molecule has 0 radical (unpaired) electrons.